The summed E-state index contributed by atoms with van der Waals surface area (Å²) in [7, 11) is 0. The largest absolute Gasteiger partial charge is 0.391 e. The summed E-state index contributed by atoms with van der Waals surface area (Å²) in [4.78, 5) is 14.4. The molecule has 1 fully saturated rings. The van der Waals surface area contributed by atoms with Gasteiger partial charge in [0.05, 0.1) is 5.92 Å². The monoisotopic (exact) mass is 304 g/mol. The lowest BCUT2D eigenvalue weighted by Gasteiger charge is -2.28. The number of alkyl halides is 3. The lowest BCUT2D eigenvalue weighted by atomic mass is 9.79. The molecule has 5 heteroatoms. The van der Waals surface area contributed by atoms with Crippen LogP contribution in [0.4, 0.5) is 13.2 Å². The molecule has 0 N–H and O–H groups in total. The van der Waals surface area contributed by atoms with Crippen LogP contribution in [0, 0.1) is 11.8 Å². The topological polar surface area (TPSA) is 17.1 Å². The number of hydrogen-bond acceptors (Lipinski definition) is 2. The van der Waals surface area contributed by atoms with Gasteiger partial charge in [0, 0.05) is 22.1 Å². The van der Waals surface area contributed by atoms with Gasteiger partial charge in [0.2, 0.25) is 0 Å². The Labute approximate surface area is 121 Å². The lowest BCUT2D eigenvalue weighted by Crippen LogP contribution is -2.30. The third-order valence-corrected chi connectivity index (χ3v) is 5.29. The number of ketones is 1. The Bertz CT molecular complexity index is 456. The molecular formula is C15H19F3OS. The highest BCUT2D eigenvalue weighted by molar-refractivity contribution is 7.12. The van der Waals surface area contributed by atoms with Crippen molar-refractivity contribution in [2.45, 2.75) is 51.6 Å². The van der Waals surface area contributed by atoms with Crippen LogP contribution in [0.1, 0.15) is 42.4 Å². The van der Waals surface area contributed by atoms with E-state index in [9.17, 15) is 18.0 Å². The number of hydrogen-bond donors (Lipinski definition) is 0. The highest BCUT2D eigenvalue weighted by Gasteiger charge is 2.42. The quantitative estimate of drug-likeness (QED) is 0.781. The molecule has 0 saturated heterocycles. The average molecular weight is 304 g/mol. The van der Waals surface area contributed by atoms with Gasteiger partial charge in [0.15, 0.2) is 0 Å². The molecular weight excluding hydrogens is 285 g/mol. The van der Waals surface area contributed by atoms with Crippen LogP contribution in [0.2, 0.25) is 0 Å². The van der Waals surface area contributed by atoms with Crippen LogP contribution in [-0.2, 0) is 17.6 Å². The highest BCUT2D eigenvalue weighted by atomic mass is 32.1. The second-order valence-corrected chi connectivity index (χ2v) is 6.71. The number of rotatable bonds is 4. The van der Waals surface area contributed by atoms with Crippen LogP contribution in [0.25, 0.3) is 0 Å². The molecule has 0 aliphatic heterocycles. The minimum atomic E-state index is -4.10. The summed E-state index contributed by atoms with van der Waals surface area (Å²) in [5.74, 6) is -1.28. The molecule has 1 heterocycles. The summed E-state index contributed by atoms with van der Waals surface area (Å²) in [6, 6.07) is 3.98. The second kappa shape index (κ2) is 6.29. The van der Waals surface area contributed by atoms with Crippen LogP contribution in [0.15, 0.2) is 12.1 Å². The van der Waals surface area contributed by atoms with Crippen LogP contribution in [0.3, 0.4) is 0 Å². The van der Waals surface area contributed by atoms with E-state index in [4.69, 9.17) is 0 Å². The molecule has 1 nitrogen and oxygen atoms in total. The summed E-state index contributed by atoms with van der Waals surface area (Å²) in [5.41, 5.74) is 0. The predicted molar refractivity (Wildman–Crippen MR) is 73.9 cm³/mol. The maximum Gasteiger partial charge on any atom is 0.391 e. The van der Waals surface area contributed by atoms with Gasteiger partial charge >= 0.3 is 6.18 Å². The third-order valence-electron chi connectivity index (χ3n) is 4.06. The number of carbonyl (C=O) groups excluding carboxylic acids is 1. The standard InChI is InChI=1S/C15H19F3OS/c1-2-12-7-8-13(20-12)9-14(19)10-3-5-11(6-4-10)15(16,17)18/h7-8,10-11H,2-6,9H2,1H3. The smallest absolute Gasteiger partial charge is 0.299 e. The summed E-state index contributed by atoms with van der Waals surface area (Å²) in [6.07, 6.45) is -1.79. The van der Waals surface area contributed by atoms with E-state index < -0.39 is 12.1 Å². The maximum atomic E-state index is 12.6. The van der Waals surface area contributed by atoms with E-state index in [-0.39, 0.29) is 24.5 Å². The SMILES string of the molecule is CCc1ccc(CC(=O)C2CCC(C(F)(F)F)CC2)s1. The minimum Gasteiger partial charge on any atom is -0.299 e. The molecule has 0 spiro atoms. The van der Waals surface area contributed by atoms with E-state index in [1.54, 1.807) is 11.3 Å². The van der Waals surface area contributed by atoms with E-state index in [2.05, 4.69) is 6.92 Å². The highest BCUT2D eigenvalue weighted by Crippen LogP contribution is 2.40. The van der Waals surface area contributed by atoms with Gasteiger partial charge in [0.25, 0.3) is 0 Å². The fourth-order valence-electron chi connectivity index (χ4n) is 2.77. The van der Waals surface area contributed by atoms with E-state index in [0.29, 0.717) is 19.3 Å². The summed E-state index contributed by atoms with van der Waals surface area (Å²) >= 11 is 1.63. The molecule has 0 unspecified atom stereocenters. The first-order valence-corrected chi connectivity index (χ1v) is 7.88. The van der Waals surface area contributed by atoms with Gasteiger partial charge in [-0.3, -0.25) is 4.79 Å². The molecule has 0 radical (unpaired) electrons. The Morgan fingerprint density at radius 1 is 1.20 bits per heavy atom. The molecule has 0 atom stereocenters. The van der Waals surface area contributed by atoms with Crippen LogP contribution < -0.4 is 0 Å². The van der Waals surface area contributed by atoms with Crippen molar-refractivity contribution in [1.29, 1.82) is 0 Å². The van der Waals surface area contributed by atoms with Crippen molar-refractivity contribution in [2.75, 3.05) is 0 Å². The molecule has 2 rings (SSSR count). The Morgan fingerprint density at radius 2 is 1.80 bits per heavy atom. The van der Waals surface area contributed by atoms with Crippen molar-refractivity contribution in [3.63, 3.8) is 0 Å². The summed E-state index contributed by atoms with van der Waals surface area (Å²) in [5, 5.41) is 0. The van der Waals surface area contributed by atoms with Gasteiger partial charge in [-0.05, 0) is 44.2 Å². The molecule has 1 saturated carbocycles. The van der Waals surface area contributed by atoms with E-state index in [1.807, 2.05) is 12.1 Å². The Hall–Kier alpha value is -0.840. The Balaban J connectivity index is 1.86. The van der Waals surface area contributed by atoms with Gasteiger partial charge in [-0.2, -0.15) is 13.2 Å². The van der Waals surface area contributed by atoms with Crippen LogP contribution in [-0.4, -0.2) is 12.0 Å². The van der Waals surface area contributed by atoms with E-state index in [0.717, 1.165) is 11.3 Å². The van der Waals surface area contributed by atoms with Crippen molar-refractivity contribution in [1.82, 2.24) is 0 Å². The van der Waals surface area contributed by atoms with Crippen molar-refractivity contribution < 1.29 is 18.0 Å². The van der Waals surface area contributed by atoms with Gasteiger partial charge in [-0.1, -0.05) is 6.92 Å². The average Bonchev–Trinajstić information content (AvgIpc) is 2.85. The summed E-state index contributed by atoms with van der Waals surface area (Å²) < 4.78 is 37.7. The van der Waals surface area contributed by atoms with Crippen molar-refractivity contribution in [3.8, 4) is 0 Å². The first-order chi connectivity index (χ1) is 9.40. The number of Topliss-reactive ketones (excluding diaryl/α,β-unsaturated/α-hetero) is 1. The van der Waals surface area contributed by atoms with Crippen molar-refractivity contribution in [2.24, 2.45) is 11.8 Å². The molecule has 112 valence electrons. The Kier molecular flexibility index (Phi) is 4.89. The first kappa shape index (κ1) is 15.5. The maximum absolute atomic E-state index is 12.6. The predicted octanol–water partition coefficient (Wildman–Crippen LogP) is 4.79. The number of aryl methyl sites for hydroxylation is 1. The molecule has 1 aliphatic carbocycles. The number of halogens is 3. The lowest BCUT2D eigenvalue weighted by molar-refractivity contribution is -0.184. The van der Waals surface area contributed by atoms with Crippen LogP contribution >= 0.6 is 11.3 Å². The van der Waals surface area contributed by atoms with Gasteiger partial charge in [-0.15, -0.1) is 11.3 Å². The molecule has 0 amide bonds. The first-order valence-electron chi connectivity index (χ1n) is 7.07. The zero-order valence-corrected chi connectivity index (χ0v) is 12.3. The van der Waals surface area contributed by atoms with E-state index in [1.165, 1.54) is 4.88 Å². The fourth-order valence-corrected chi connectivity index (χ4v) is 3.73. The number of carbonyl (C=O) groups is 1. The van der Waals surface area contributed by atoms with Gasteiger partial charge in [0.1, 0.15) is 5.78 Å². The normalized spacial score (nSPS) is 23.8. The zero-order valence-electron chi connectivity index (χ0n) is 11.5. The molecule has 1 aliphatic rings. The molecule has 1 aromatic rings. The number of thiophene rings is 1. The van der Waals surface area contributed by atoms with E-state index >= 15 is 0 Å². The van der Waals surface area contributed by atoms with Crippen molar-refractivity contribution >= 4 is 17.1 Å². The molecule has 1 aromatic heterocycles. The fraction of sp³-hybridized carbons (Fsp3) is 0.667. The molecule has 0 aromatic carbocycles. The molecule has 20 heavy (non-hydrogen) atoms. The van der Waals surface area contributed by atoms with Gasteiger partial charge in [-0.25, -0.2) is 0 Å². The minimum absolute atomic E-state index is 0.102. The molecule has 0 bridgehead atoms. The second-order valence-electron chi connectivity index (χ2n) is 5.45. The summed E-state index contributed by atoms with van der Waals surface area (Å²) in [6.45, 7) is 2.07. The third kappa shape index (κ3) is 3.84. The van der Waals surface area contributed by atoms with Crippen LogP contribution in [0.5, 0.6) is 0 Å². The van der Waals surface area contributed by atoms with Gasteiger partial charge < -0.3 is 0 Å². The van der Waals surface area contributed by atoms with Crippen molar-refractivity contribution in [3.05, 3.63) is 21.9 Å². The zero-order chi connectivity index (χ0) is 14.8. The Morgan fingerprint density at radius 3 is 2.30 bits per heavy atom.